The van der Waals surface area contributed by atoms with Gasteiger partial charge in [0.2, 0.25) is 5.88 Å². The molecule has 7 nitrogen and oxygen atoms in total. The van der Waals surface area contributed by atoms with Crippen molar-refractivity contribution in [2.24, 2.45) is 0 Å². The molecule has 0 aromatic carbocycles. The monoisotopic (exact) mass is 422 g/mol. The van der Waals surface area contributed by atoms with Crippen molar-refractivity contribution in [2.75, 3.05) is 20.3 Å². The smallest absolute Gasteiger partial charge is 0.213 e. The first-order valence-electron chi connectivity index (χ1n) is 10.1. The molecule has 2 aliphatic heterocycles. The standard InChI is InChI=1S/C21H28F2N4O3/c1-12-7-18(30-13-10-29-11-13)24-9-14(12)17-8-16(26-27(17)3)20(28)25-19-15(22)5-4-6-21(19,2)23/h4-7,9,13,16-17,19-20,25-26,28H,8,10-11H2,1-3H3. The third-order valence-electron chi connectivity index (χ3n) is 5.93. The minimum Gasteiger partial charge on any atom is -0.469 e. The molecular formula is C21H28F2N4O3. The van der Waals surface area contributed by atoms with Crippen LogP contribution in [0, 0.1) is 6.92 Å². The van der Waals surface area contributed by atoms with Crippen LogP contribution in [0.1, 0.15) is 30.5 Å². The Bertz CT molecular complexity index is 844. The van der Waals surface area contributed by atoms with Crippen LogP contribution in [-0.4, -0.2) is 65.4 Å². The molecule has 0 saturated carbocycles. The molecule has 9 heteroatoms. The summed E-state index contributed by atoms with van der Waals surface area (Å²) in [7, 11) is 1.87. The lowest BCUT2D eigenvalue weighted by atomic mass is 9.92. The largest absolute Gasteiger partial charge is 0.469 e. The molecule has 3 heterocycles. The lowest BCUT2D eigenvalue weighted by Gasteiger charge is -2.33. The van der Waals surface area contributed by atoms with Gasteiger partial charge in [0.1, 0.15) is 23.8 Å². The first-order chi connectivity index (χ1) is 14.2. The second-order valence-corrected chi connectivity index (χ2v) is 8.36. The summed E-state index contributed by atoms with van der Waals surface area (Å²) in [5.74, 6) is -0.0804. The summed E-state index contributed by atoms with van der Waals surface area (Å²) in [5.41, 5.74) is 3.28. The van der Waals surface area contributed by atoms with Gasteiger partial charge in [0.25, 0.3) is 0 Å². The molecule has 2 fully saturated rings. The Balaban J connectivity index is 1.41. The molecular weight excluding hydrogens is 394 g/mol. The Kier molecular flexibility index (Phi) is 5.91. The average molecular weight is 422 g/mol. The van der Waals surface area contributed by atoms with Crippen molar-refractivity contribution in [1.82, 2.24) is 20.7 Å². The minimum atomic E-state index is -1.93. The fraction of sp³-hybridized carbons (Fsp3) is 0.571. The van der Waals surface area contributed by atoms with E-state index in [0.29, 0.717) is 25.5 Å². The van der Waals surface area contributed by atoms with Crippen molar-refractivity contribution in [3.8, 4) is 5.88 Å². The Morgan fingerprint density at radius 1 is 1.47 bits per heavy atom. The number of hydrogen-bond donors (Lipinski definition) is 3. The van der Waals surface area contributed by atoms with Gasteiger partial charge in [-0.3, -0.25) is 5.32 Å². The Morgan fingerprint density at radius 2 is 2.23 bits per heavy atom. The van der Waals surface area contributed by atoms with Gasteiger partial charge in [-0.25, -0.2) is 24.2 Å². The predicted octanol–water partition coefficient (Wildman–Crippen LogP) is 1.85. The van der Waals surface area contributed by atoms with Crippen LogP contribution in [-0.2, 0) is 4.74 Å². The van der Waals surface area contributed by atoms with Gasteiger partial charge in [-0.15, -0.1) is 0 Å². The number of alkyl halides is 1. The van der Waals surface area contributed by atoms with E-state index < -0.39 is 29.8 Å². The molecule has 30 heavy (non-hydrogen) atoms. The Morgan fingerprint density at radius 3 is 2.87 bits per heavy atom. The van der Waals surface area contributed by atoms with Gasteiger partial charge in [0.05, 0.1) is 31.3 Å². The number of hydrazine groups is 1. The number of hydrogen-bond acceptors (Lipinski definition) is 7. The molecule has 164 valence electrons. The predicted molar refractivity (Wildman–Crippen MR) is 107 cm³/mol. The zero-order chi connectivity index (χ0) is 21.5. The molecule has 3 aliphatic rings. The van der Waals surface area contributed by atoms with E-state index in [0.717, 1.165) is 11.1 Å². The van der Waals surface area contributed by atoms with Crippen molar-refractivity contribution < 1.29 is 23.4 Å². The molecule has 3 N–H and O–H groups in total. The molecule has 4 rings (SSSR count). The number of pyridine rings is 1. The number of rotatable bonds is 6. The van der Waals surface area contributed by atoms with Crippen LogP contribution in [0.3, 0.4) is 0 Å². The van der Waals surface area contributed by atoms with E-state index in [1.165, 1.54) is 25.2 Å². The molecule has 0 amide bonds. The summed E-state index contributed by atoms with van der Waals surface area (Å²) in [4.78, 5) is 4.41. The number of nitrogens with zero attached hydrogens (tertiary/aromatic N) is 2. The van der Waals surface area contributed by atoms with Gasteiger partial charge in [-0.1, -0.05) is 6.08 Å². The second-order valence-electron chi connectivity index (χ2n) is 8.36. The average Bonchev–Trinajstić information content (AvgIpc) is 3.03. The van der Waals surface area contributed by atoms with E-state index in [2.05, 4.69) is 15.7 Å². The van der Waals surface area contributed by atoms with E-state index in [1.54, 1.807) is 6.20 Å². The summed E-state index contributed by atoms with van der Waals surface area (Å²) < 4.78 is 39.7. The molecule has 1 aromatic rings. The third kappa shape index (κ3) is 4.26. The van der Waals surface area contributed by atoms with E-state index in [-0.39, 0.29) is 12.1 Å². The SMILES string of the molecule is Cc1cc(OC2COC2)ncc1C1CC(C(O)NC2C(F)=CC=CC2(C)F)NN1C. The number of aliphatic hydroxyl groups is 1. The number of nitrogens with one attached hydrogen (secondary N) is 2. The molecule has 1 aliphatic carbocycles. The summed E-state index contributed by atoms with van der Waals surface area (Å²) in [5, 5.41) is 15.2. The maximum atomic E-state index is 14.7. The van der Waals surface area contributed by atoms with Crippen LogP contribution in [0.25, 0.3) is 0 Å². The lowest BCUT2D eigenvalue weighted by molar-refractivity contribution is -0.0813. The van der Waals surface area contributed by atoms with Gasteiger partial charge >= 0.3 is 0 Å². The van der Waals surface area contributed by atoms with E-state index in [1.807, 2.05) is 25.0 Å². The molecule has 1 aromatic heterocycles. The summed E-state index contributed by atoms with van der Waals surface area (Å²) in [6.45, 7) is 4.43. The van der Waals surface area contributed by atoms with Gasteiger partial charge in [-0.2, -0.15) is 0 Å². The summed E-state index contributed by atoms with van der Waals surface area (Å²) >= 11 is 0. The number of aryl methyl sites for hydroxylation is 1. The highest BCUT2D eigenvalue weighted by molar-refractivity contribution is 5.32. The molecule has 5 atom stereocenters. The molecule has 0 radical (unpaired) electrons. The van der Waals surface area contributed by atoms with Crippen molar-refractivity contribution in [3.05, 3.63) is 47.4 Å². The number of aliphatic hydroxyl groups excluding tert-OH is 1. The lowest BCUT2D eigenvalue weighted by Crippen LogP contribution is -2.56. The highest BCUT2D eigenvalue weighted by Gasteiger charge is 2.41. The quantitative estimate of drug-likeness (QED) is 0.604. The fourth-order valence-corrected chi connectivity index (χ4v) is 4.06. The highest BCUT2D eigenvalue weighted by atomic mass is 19.2. The van der Waals surface area contributed by atoms with Crippen LogP contribution in [0.15, 0.2) is 36.3 Å². The highest BCUT2D eigenvalue weighted by Crippen LogP contribution is 2.34. The second kappa shape index (κ2) is 8.32. The number of allylic oxidation sites excluding steroid dienone is 2. The molecule has 5 unspecified atom stereocenters. The maximum absolute atomic E-state index is 14.7. The van der Waals surface area contributed by atoms with E-state index >= 15 is 0 Å². The first kappa shape index (κ1) is 21.3. The van der Waals surface area contributed by atoms with Crippen LogP contribution < -0.4 is 15.5 Å². The van der Waals surface area contributed by atoms with Crippen LogP contribution in [0.2, 0.25) is 0 Å². The van der Waals surface area contributed by atoms with E-state index in [9.17, 15) is 13.9 Å². The van der Waals surface area contributed by atoms with Crippen LogP contribution in [0.4, 0.5) is 8.78 Å². The topological polar surface area (TPSA) is 78.9 Å². The number of aromatic nitrogens is 1. The number of ether oxygens (including phenoxy) is 2. The Hall–Kier alpha value is -1.91. The molecule has 0 bridgehead atoms. The first-order valence-corrected chi connectivity index (χ1v) is 10.1. The van der Waals surface area contributed by atoms with Crippen molar-refractivity contribution >= 4 is 0 Å². The zero-order valence-electron chi connectivity index (χ0n) is 17.3. The molecule has 2 saturated heterocycles. The zero-order valence-corrected chi connectivity index (χ0v) is 17.3. The third-order valence-corrected chi connectivity index (χ3v) is 5.93. The van der Waals surface area contributed by atoms with Gasteiger partial charge in [0.15, 0.2) is 0 Å². The molecule has 0 spiro atoms. The fourth-order valence-electron chi connectivity index (χ4n) is 4.06. The number of halogens is 2. The van der Waals surface area contributed by atoms with Crippen molar-refractivity contribution in [3.63, 3.8) is 0 Å². The maximum Gasteiger partial charge on any atom is 0.213 e. The Labute approximate surface area is 174 Å². The summed E-state index contributed by atoms with van der Waals surface area (Å²) in [6, 6.07) is 0.186. The van der Waals surface area contributed by atoms with Gasteiger partial charge in [-0.05, 0) is 43.5 Å². The van der Waals surface area contributed by atoms with Crippen molar-refractivity contribution in [1.29, 1.82) is 0 Å². The van der Waals surface area contributed by atoms with Crippen molar-refractivity contribution in [2.45, 2.75) is 56.4 Å². The van der Waals surface area contributed by atoms with Crippen LogP contribution >= 0.6 is 0 Å². The van der Waals surface area contributed by atoms with Gasteiger partial charge in [0, 0.05) is 19.3 Å². The van der Waals surface area contributed by atoms with Gasteiger partial charge < -0.3 is 14.6 Å². The van der Waals surface area contributed by atoms with E-state index in [4.69, 9.17) is 9.47 Å². The van der Waals surface area contributed by atoms with Crippen LogP contribution in [0.5, 0.6) is 5.88 Å². The summed E-state index contributed by atoms with van der Waals surface area (Å²) in [6.07, 6.45) is 5.07. The minimum absolute atomic E-state index is 0.0504. The normalized spacial score (nSPS) is 33.3.